The summed E-state index contributed by atoms with van der Waals surface area (Å²) in [5.41, 5.74) is 8.36. The number of carbonyl (C=O) groups excluding carboxylic acids is 1. The second-order valence-corrected chi connectivity index (χ2v) is 5.98. The van der Waals surface area contributed by atoms with Crippen molar-refractivity contribution in [1.82, 2.24) is 9.97 Å². The monoisotopic (exact) mass is 383 g/mol. The molecule has 7 nitrogen and oxygen atoms in total. The summed E-state index contributed by atoms with van der Waals surface area (Å²) in [6.07, 6.45) is 1.39. The maximum atomic E-state index is 11.9. The van der Waals surface area contributed by atoms with Crippen LogP contribution in [0.5, 0.6) is 0 Å². The molecule has 0 spiro atoms. The second-order valence-electron chi connectivity index (χ2n) is 5.55. The van der Waals surface area contributed by atoms with Gasteiger partial charge in [0.2, 0.25) is 0 Å². The fraction of sp³-hybridized carbons (Fsp3) is 0.105. The Kier molecular flexibility index (Phi) is 5.73. The van der Waals surface area contributed by atoms with Gasteiger partial charge >= 0.3 is 5.97 Å². The van der Waals surface area contributed by atoms with Crippen LogP contribution in [0.25, 0.3) is 0 Å². The van der Waals surface area contributed by atoms with E-state index in [1.54, 1.807) is 43.3 Å². The fourth-order valence-corrected chi connectivity index (χ4v) is 2.56. The minimum absolute atomic E-state index is 0.313. The number of hydrogen-bond donors (Lipinski definition) is 3. The summed E-state index contributed by atoms with van der Waals surface area (Å²) in [6, 6.07) is 14.1. The lowest BCUT2D eigenvalue weighted by molar-refractivity contribution is 0.0526. The molecule has 0 bridgehead atoms. The van der Waals surface area contributed by atoms with E-state index in [1.165, 1.54) is 6.33 Å². The summed E-state index contributed by atoms with van der Waals surface area (Å²) in [5, 5.41) is 6.81. The number of rotatable bonds is 6. The summed E-state index contributed by atoms with van der Waals surface area (Å²) in [4.78, 5) is 20.2. The molecule has 2 aromatic carbocycles. The van der Waals surface area contributed by atoms with Gasteiger partial charge in [0.15, 0.2) is 11.6 Å². The van der Waals surface area contributed by atoms with Gasteiger partial charge in [0.1, 0.15) is 12.0 Å². The predicted molar refractivity (Wildman–Crippen MR) is 107 cm³/mol. The lowest BCUT2D eigenvalue weighted by Crippen LogP contribution is -2.07. The summed E-state index contributed by atoms with van der Waals surface area (Å²) in [6.45, 7) is 2.07. The van der Waals surface area contributed by atoms with E-state index in [0.29, 0.717) is 40.2 Å². The number of nitrogens with two attached hydrogens (primary N) is 1. The molecule has 3 aromatic rings. The molecule has 0 aliphatic rings. The first-order chi connectivity index (χ1) is 13.1. The van der Waals surface area contributed by atoms with E-state index in [1.807, 2.05) is 12.1 Å². The van der Waals surface area contributed by atoms with E-state index < -0.39 is 0 Å². The van der Waals surface area contributed by atoms with Crippen molar-refractivity contribution in [2.45, 2.75) is 6.92 Å². The lowest BCUT2D eigenvalue weighted by Gasteiger charge is -2.13. The second kappa shape index (κ2) is 8.37. The van der Waals surface area contributed by atoms with Gasteiger partial charge in [-0.1, -0.05) is 23.7 Å². The Morgan fingerprint density at radius 1 is 1.07 bits per heavy atom. The molecule has 0 amide bonds. The van der Waals surface area contributed by atoms with Crippen LogP contribution >= 0.6 is 11.6 Å². The smallest absolute Gasteiger partial charge is 0.338 e. The molecule has 0 atom stereocenters. The third-order valence-corrected chi connectivity index (χ3v) is 3.84. The van der Waals surface area contributed by atoms with Crippen LogP contribution in [0.3, 0.4) is 0 Å². The quantitative estimate of drug-likeness (QED) is 0.543. The molecule has 0 fully saturated rings. The van der Waals surface area contributed by atoms with Gasteiger partial charge in [-0.25, -0.2) is 14.8 Å². The molecule has 0 saturated carbocycles. The number of carbonyl (C=O) groups is 1. The fourth-order valence-electron chi connectivity index (χ4n) is 2.37. The van der Waals surface area contributed by atoms with E-state index in [2.05, 4.69) is 20.6 Å². The minimum Gasteiger partial charge on any atom is -0.462 e. The average Bonchev–Trinajstić information content (AvgIpc) is 2.65. The van der Waals surface area contributed by atoms with E-state index in [0.717, 1.165) is 5.69 Å². The molecule has 1 aromatic heterocycles. The predicted octanol–water partition coefficient (Wildman–Crippen LogP) is 4.38. The van der Waals surface area contributed by atoms with Gasteiger partial charge in [-0.05, 0) is 43.3 Å². The van der Waals surface area contributed by atoms with Crippen molar-refractivity contribution >= 4 is 46.3 Å². The molecule has 0 aliphatic heterocycles. The van der Waals surface area contributed by atoms with Crippen molar-refractivity contribution in [3.63, 3.8) is 0 Å². The summed E-state index contributed by atoms with van der Waals surface area (Å²) in [5.74, 6) is 0.465. The van der Waals surface area contributed by atoms with Gasteiger partial charge in [-0.2, -0.15) is 0 Å². The average molecular weight is 384 g/mol. The number of halogens is 1. The van der Waals surface area contributed by atoms with E-state index in [4.69, 9.17) is 22.1 Å². The number of nitrogens with zero attached hydrogens (tertiary/aromatic N) is 2. The van der Waals surface area contributed by atoms with E-state index >= 15 is 0 Å². The Morgan fingerprint density at radius 2 is 1.70 bits per heavy atom. The Hall–Kier alpha value is -3.32. The molecule has 27 heavy (non-hydrogen) atoms. The molecular formula is C19H18ClN5O2. The van der Waals surface area contributed by atoms with Crippen LogP contribution in [0.15, 0.2) is 54.9 Å². The molecule has 4 N–H and O–H groups in total. The van der Waals surface area contributed by atoms with Crippen LogP contribution < -0.4 is 16.4 Å². The molecular weight excluding hydrogens is 366 g/mol. The number of esters is 1. The number of benzene rings is 2. The highest BCUT2D eigenvalue weighted by Gasteiger charge is 2.11. The molecule has 3 rings (SSSR count). The molecule has 0 unspecified atom stereocenters. The highest BCUT2D eigenvalue weighted by molar-refractivity contribution is 6.30. The number of aromatic nitrogens is 2. The van der Waals surface area contributed by atoms with E-state index in [-0.39, 0.29) is 5.97 Å². The van der Waals surface area contributed by atoms with Crippen molar-refractivity contribution < 1.29 is 9.53 Å². The minimum atomic E-state index is -0.389. The van der Waals surface area contributed by atoms with Crippen LogP contribution in [0.4, 0.5) is 28.7 Å². The Labute approximate surface area is 161 Å². The standard InChI is InChI=1S/C19H18ClN5O2/c1-2-27-19(26)12-5-3-7-14(9-12)24-17-16(21)18(23-11-22-17)25-15-8-4-6-13(20)10-15/h3-11H,2,21H2,1H3,(H2,22,23,24,25). The highest BCUT2D eigenvalue weighted by Crippen LogP contribution is 2.29. The Morgan fingerprint density at radius 3 is 2.33 bits per heavy atom. The maximum Gasteiger partial charge on any atom is 0.338 e. The normalized spacial score (nSPS) is 10.3. The zero-order chi connectivity index (χ0) is 19.2. The number of nitrogen functional groups attached to an aromatic ring is 1. The van der Waals surface area contributed by atoms with Gasteiger partial charge < -0.3 is 21.1 Å². The van der Waals surface area contributed by atoms with Crippen molar-refractivity contribution in [3.8, 4) is 0 Å². The van der Waals surface area contributed by atoms with Crippen molar-refractivity contribution in [2.75, 3.05) is 23.0 Å². The van der Waals surface area contributed by atoms with Crippen molar-refractivity contribution in [2.24, 2.45) is 0 Å². The third-order valence-electron chi connectivity index (χ3n) is 3.61. The topological polar surface area (TPSA) is 102 Å². The van der Waals surface area contributed by atoms with Crippen LogP contribution in [0.2, 0.25) is 5.02 Å². The van der Waals surface area contributed by atoms with Crippen LogP contribution in [-0.2, 0) is 4.74 Å². The van der Waals surface area contributed by atoms with Gasteiger partial charge in [0.05, 0.1) is 12.2 Å². The maximum absolute atomic E-state index is 11.9. The Balaban J connectivity index is 1.82. The van der Waals surface area contributed by atoms with E-state index in [9.17, 15) is 4.79 Å². The first-order valence-corrected chi connectivity index (χ1v) is 8.62. The zero-order valence-corrected chi connectivity index (χ0v) is 15.3. The summed E-state index contributed by atoms with van der Waals surface area (Å²) < 4.78 is 5.01. The summed E-state index contributed by atoms with van der Waals surface area (Å²) in [7, 11) is 0. The van der Waals surface area contributed by atoms with Crippen molar-refractivity contribution in [1.29, 1.82) is 0 Å². The lowest BCUT2D eigenvalue weighted by atomic mass is 10.2. The Bertz CT molecular complexity index is 964. The van der Waals surface area contributed by atoms with Crippen LogP contribution in [0, 0.1) is 0 Å². The highest BCUT2D eigenvalue weighted by atomic mass is 35.5. The molecule has 8 heteroatoms. The van der Waals surface area contributed by atoms with Gasteiger partial charge in [-0.3, -0.25) is 0 Å². The first kappa shape index (κ1) is 18.5. The van der Waals surface area contributed by atoms with Gasteiger partial charge in [0.25, 0.3) is 0 Å². The number of ether oxygens (including phenoxy) is 1. The molecule has 0 radical (unpaired) electrons. The molecule has 138 valence electrons. The first-order valence-electron chi connectivity index (χ1n) is 8.24. The molecule has 0 saturated heterocycles. The number of anilines is 5. The number of nitrogens with one attached hydrogen (secondary N) is 2. The largest absolute Gasteiger partial charge is 0.462 e. The zero-order valence-electron chi connectivity index (χ0n) is 14.6. The van der Waals surface area contributed by atoms with Crippen molar-refractivity contribution in [3.05, 3.63) is 65.4 Å². The van der Waals surface area contributed by atoms with Gasteiger partial charge in [-0.15, -0.1) is 0 Å². The SMILES string of the molecule is CCOC(=O)c1cccc(Nc2ncnc(Nc3cccc(Cl)c3)c2N)c1. The number of hydrogen-bond acceptors (Lipinski definition) is 7. The molecule has 0 aliphatic carbocycles. The summed E-state index contributed by atoms with van der Waals surface area (Å²) >= 11 is 6.00. The van der Waals surface area contributed by atoms with Crippen LogP contribution in [0.1, 0.15) is 17.3 Å². The van der Waals surface area contributed by atoms with Gasteiger partial charge in [0, 0.05) is 16.4 Å². The molecule has 1 heterocycles. The third kappa shape index (κ3) is 4.65. The van der Waals surface area contributed by atoms with Crippen LogP contribution in [-0.4, -0.2) is 22.5 Å².